The predicted molar refractivity (Wildman–Crippen MR) is 63.9 cm³/mol. The molecular formula is C11H16N4O. The van der Waals surface area contributed by atoms with Crippen molar-refractivity contribution < 1.29 is 4.79 Å². The minimum atomic E-state index is -0.188. The lowest BCUT2D eigenvalue weighted by molar-refractivity contribution is -0.117. The van der Waals surface area contributed by atoms with Crippen LogP contribution in [-0.4, -0.2) is 25.0 Å². The van der Waals surface area contributed by atoms with E-state index in [1.54, 1.807) is 11.0 Å². The summed E-state index contributed by atoms with van der Waals surface area (Å²) in [7, 11) is 0. The molecule has 5 heteroatoms. The minimum absolute atomic E-state index is 0.0597. The number of nitrogens with two attached hydrogens (primary N) is 3. The maximum absolute atomic E-state index is 11.8. The van der Waals surface area contributed by atoms with Crippen LogP contribution in [0.1, 0.15) is 5.56 Å². The van der Waals surface area contributed by atoms with Crippen molar-refractivity contribution in [2.45, 2.75) is 12.5 Å². The van der Waals surface area contributed by atoms with Gasteiger partial charge in [-0.15, -0.1) is 0 Å². The van der Waals surface area contributed by atoms with Crippen molar-refractivity contribution >= 4 is 17.3 Å². The first-order valence-electron chi connectivity index (χ1n) is 5.26. The zero-order valence-electron chi connectivity index (χ0n) is 9.02. The van der Waals surface area contributed by atoms with E-state index in [1.807, 2.05) is 12.1 Å². The number of nitrogens with zero attached hydrogens (tertiary/aromatic N) is 1. The smallest absolute Gasteiger partial charge is 0.231 e. The number of fused-ring (bicyclic) bond motifs is 1. The molecule has 2 rings (SSSR count). The molecule has 1 aromatic rings. The molecule has 0 saturated heterocycles. The third-order valence-electron chi connectivity index (χ3n) is 2.76. The van der Waals surface area contributed by atoms with Crippen LogP contribution in [0, 0.1) is 0 Å². The van der Waals surface area contributed by atoms with E-state index in [4.69, 9.17) is 17.2 Å². The Hall–Kier alpha value is -1.59. The highest BCUT2D eigenvalue weighted by Crippen LogP contribution is 2.30. The van der Waals surface area contributed by atoms with Gasteiger partial charge in [-0.05, 0) is 23.8 Å². The maximum atomic E-state index is 11.8. The summed E-state index contributed by atoms with van der Waals surface area (Å²) in [6.07, 6.45) is 0.400. The molecule has 1 heterocycles. The Balaban J connectivity index is 2.26. The molecule has 0 bridgehead atoms. The van der Waals surface area contributed by atoms with Gasteiger partial charge in [0.25, 0.3) is 0 Å². The van der Waals surface area contributed by atoms with Gasteiger partial charge in [0, 0.05) is 30.5 Å². The van der Waals surface area contributed by atoms with Crippen molar-refractivity contribution in [3.63, 3.8) is 0 Å². The van der Waals surface area contributed by atoms with Crippen molar-refractivity contribution in [1.82, 2.24) is 0 Å². The third kappa shape index (κ3) is 1.87. The van der Waals surface area contributed by atoms with Crippen molar-refractivity contribution in [1.29, 1.82) is 0 Å². The normalized spacial score (nSPS) is 16.4. The molecule has 0 saturated carbocycles. The second-order valence-electron chi connectivity index (χ2n) is 4.07. The summed E-state index contributed by atoms with van der Waals surface area (Å²) in [6, 6.07) is 5.30. The molecule has 0 aromatic heterocycles. The minimum Gasteiger partial charge on any atom is -0.399 e. The first-order valence-corrected chi connectivity index (χ1v) is 5.26. The molecule has 1 aliphatic rings. The number of anilines is 2. The zero-order chi connectivity index (χ0) is 11.7. The fraction of sp³-hybridized carbons (Fsp3) is 0.364. The molecule has 1 amide bonds. The van der Waals surface area contributed by atoms with Gasteiger partial charge in [0.2, 0.25) is 5.91 Å². The molecule has 0 fully saturated rings. The number of rotatable bonds is 3. The van der Waals surface area contributed by atoms with Crippen LogP contribution < -0.4 is 22.1 Å². The van der Waals surface area contributed by atoms with E-state index < -0.39 is 0 Å². The van der Waals surface area contributed by atoms with Gasteiger partial charge in [-0.25, -0.2) is 0 Å². The molecule has 5 nitrogen and oxygen atoms in total. The van der Waals surface area contributed by atoms with Gasteiger partial charge in [-0.3, -0.25) is 4.79 Å². The maximum Gasteiger partial charge on any atom is 0.231 e. The van der Waals surface area contributed by atoms with Gasteiger partial charge in [0.05, 0.1) is 6.42 Å². The van der Waals surface area contributed by atoms with Crippen LogP contribution in [0.25, 0.3) is 0 Å². The van der Waals surface area contributed by atoms with Gasteiger partial charge in [-0.2, -0.15) is 0 Å². The molecule has 0 aliphatic carbocycles. The lowest BCUT2D eigenvalue weighted by Crippen LogP contribution is -2.43. The highest BCUT2D eigenvalue weighted by Gasteiger charge is 2.27. The summed E-state index contributed by atoms with van der Waals surface area (Å²) >= 11 is 0. The van der Waals surface area contributed by atoms with Crippen molar-refractivity contribution in [3.8, 4) is 0 Å². The van der Waals surface area contributed by atoms with Gasteiger partial charge in [-0.1, -0.05) is 0 Å². The number of benzene rings is 1. The zero-order valence-corrected chi connectivity index (χ0v) is 9.02. The predicted octanol–water partition coefficient (Wildman–Crippen LogP) is -0.556. The Morgan fingerprint density at radius 1 is 1.44 bits per heavy atom. The van der Waals surface area contributed by atoms with Crippen molar-refractivity contribution in [3.05, 3.63) is 23.8 Å². The average molecular weight is 220 g/mol. The molecule has 6 N–H and O–H groups in total. The summed E-state index contributed by atoms with van der Waals surface area (Å²) < 4.78 is 0. The molecule has 1 aliphatic heterocycles. The van der Waals surface area contributed by atoms with E-state index in [9.17, 15) is 4.79 Å². The Morgan fingerprint density at radius 2 is 2.19 bits per heavy atom. The van der Waals surface area contributed by atoms with Gasteiger partial charge in [0.1, 0.15) is 0 Å². The summed E-state index contributed by atoms with van der Waals surface area (Å²) in [4.78, 5) is 13.5. The van der Waals surface area contributed by atoms with E-state index in [-0.39, 0.29) is 11.9 Å². The average Bonchev–Trinajstić information content (AvgIpc) is 2.54. The second-order valence-corrected chi connectivity index (χ2v) is 4.07. The summed E-state index contributed by atoms with van der Waals surface area (Å²) in [5, 5.41) is 0. The Labute approximate surface area is 94.2 Å². The first kappa shape index (κ1) is 10.9. The van der Waals surface area contributed by atoms with E-state index in [1.165, 1.54) is 0 Å². The Kier molecular flexibility index (Phi) is 2.80. The highest BCUT2D eigenvalue weighted by atomic mass is 16.2. The van der Waals surface area contributed by atoms with Crippen molar-refractivity contribution in [2.75, 3.05) is 23.7 Å². The fourth-order valence-electron chi connectivity index (χ4n) is 1.91. The molecule has 0 spiro atoms. The van der Waals surface area contributed by atoms with E-state index in [0.29, 0.717) is 25.2 Å². The van der Waals surface area contributed by atoms with Crippen LogP contribution in [0.5, 0.6) is 0 Å². The summed E-state index contributed by atoms with van der Waals surface area (Å²) in [5.74, 6) is 0.0597. The van der Waals surface area contributed by atoms with Gasteiger partial charge < -0.3 is 22.1 Å². The molecule has 1 aromatic carbocycles. The molecule has 1 unspecified atom stereocenters. The van der Waals surface area contributed by atoms with E-state index >= 15 is 0 Å². The lowest BCUT2D eigenvalue weighted by Gasteiger charge is -2.21. The Morgan fingerprint density at radius 3 is 2.88 bits per heavy atom. The van der Waals surface area contributed by atoms with Crippen LogP contribution >= 0.6 is 0 Å². The quantitative estimate of drug-likeness (QED) is 0.595. The molecule has 1 atom stereocenters. The molecule has 86 valence electrons. The fourth-order valence-corrected chi connectivity index (χ4v) is 1.91. The second kappa shape index (κ2) is 4.11. The standard InChI is InChI=1S/C11H16N4O/c12-5-9(14)6-15-10-2-1-8(13)3-7(10)4-11(15)16/h1-3,9H,4-6,12-14H2. The van der Waals surface area contributed by atoms with Crippen LogP contribution in [0.3, 0.4) is 0 Å². The molecular weight excluding hydrogens is 204 g/mol. The summed E-state index contributed by atoms with van der Waals surface area (Å²) in [5.41, 5.74) is 19.4. The van der Waals surface area contributed by atoms with Crippen LogP contribution in [0.15, 0.2) is 18.2 Å². The Bertz CT molecular complexity index is 418. The monoisotopic (exact) mass is 220 g/mol. The first-order chi connectivity index (χ1) is 7.61. The van der Waals surface area contributed by atoms with Crippen LogP contribution in [0.2, 0.25) is 0 Å². The van der Waals surface area contributed by atoms with Crippen molar-refractivity contribution in [2.24, 2.45) is 11.5 Å². The van der Waals surface area contributed by atoms with Gasteiger partial charge in [0.15, 0.2) is 0 Å². The number of hydrogen-bond acceptors (Lipinski definition) is 4. The third-order valence-corrected chi connectivity index (χ3v) is 2.76. The lowest BCUT2D eigenvalue weighted by atomic mass is 10.1. The SMILES string of the molecule is NCC(N)CN1C(=O)Cc2cc(N)ccc21. The number of nitrogen functional groups attached to an aromatic ring is 1. The van der Waals surface area contributed by atoms with E-state index in [0.717, 1.165) is 11.3 Å². The topological polar surface area (TPSA) is 98.4 Å². The van der Waals surface area contributed by atoms with Gasteiger partial charge >= 0.3 is 0 Å². The highest BCUT2D eigenvalue weighted by molar-refractivity contribution is 6.01. The number of hydrogen-bond donors (Lipinski definition) is 3. The largest absolute Gasteiger partial charge is 0.399 e. The van der Waals surface area contributed by atoms with E-state index in [2.05, 4.69) is 0 Å². The number of carbonyl (C=O) groups excluding carboxylic acids is 1. The van der Waals surface area contributed by atoms with Crippen LogP contribution in [-0.2, 0) is 11.2 Å². The molecule has 16 heavy (non-hydrogen) atoms. The number of carbonyl (C=O) groups is 1. The number of amides is 1. The van der Waals surface area contributed by atoms with Crippen LogP contribution in [0.4, 0.5) is 11.4 Å². The molecule has 0 radical (unpaired) electrons. The summed E-state index contributed by atoms with van der Waals surface area (Å²) in [6.45, 7) is 0.834.